The van der Waals surface area contributed by atoms with Crippen molar-refractivity contribution in [1.82, 2.24) is 0 Å². The van der Waals surface area contributed by atoms with Gasteiger partial charge in [0, 0.05) is 19.0 Å². The van der Waals surface area contributed by atoms with Gasteiger partial charge in [-0.05, 0) is 11.8 Å². The second-order valence-corrected chi connectivity index (χ2v) is 12.2. The summed E-state index contributed by atoms with van der Waals surface area (Å²) in [5, 5.41) is 0. The first-order valence-corrected chi connectivity index (χ1v) is 13.1. The summed E-state index contributed by atoms with van der Waals surface area (Å²) < 4.78 is 0. The number of hydrogen-bond donors (Lipinski definition) is 0. The maximum atomic E-state index is 3.25. The summed E-state index contributed by atoms with van der Waals surface area (Å²) in [6.07, 6.45) is 0. The SMILES string of the molecule is C[SiH2]C[SiH2]C#CC#C[SiH2]C[SiH2]C. The molecule has 0 radical (unpaired) electrons. The summed E-state index contributed by atoms with van der Waals surface area (Å²) in [6.45, 7) is 4.72. The Morgan fingerprint density at radius 2 is 1.25 bits per heavy atom. The average Bonchev–Trinajstić information content (AvgIpc) is 2.10. The van der Waals surface area contributed by atoms with E-state index in [4.69, 9.17) is 0 Å². The fraction of sp³-hybridized carbons (Fsp3) is 0.500. The van der Waals surface area contributed by atoms with Crippen LogP contribution in [0.2, 0.25) is 24.4 Å². The predicted octanol–water partition coefficient (Wildman–Crippen LogP) is -1.57. The van der Waals surface area contributed by atoms with Crippen LogP contribution in [0.25, 0.3) is 0 Å². The van der Waals surface area contributed by atoms with E-state index in [0.717, 1.165) is 0 Å². The Bertz CT molecular complexity index is 179. The van der Waals surface area contributed by atoms with Gasteiger partial charge in [-0.3, -0.25) is 0 Å². The molecule has 0 rings (SSSR count). The highest BCUT2D eigenvalue weighted by Gasteiger charge is 1.78. The van der Waals surface area contributed by atoms with Crippen LogP contribution in [0.4, 0.5) is 0 Å². The molecule has 0 aliphatic heterocycles. The minimum atomic E-state index is -0.00596. The Balaban J connectivity index is 3.32. The van der Waals surface area contributed by atoms with Crippen LogP contribution in [0, 0.1) is 22.9 Å². The molecule has 0 N–H and O–H groups in total. The standard InChI is InChI=1S/C8H18Si4/c1-9-7-11-5-3-4-6-12-8-10-2/h7-12H2,1-2H3. The maximum absolute atomic E-state index is 3.25. The first-order chi connectivity index (χ1) is 5.91. The van der Waals surface area contributed by atoms with Gasteiger partial charge in [0.25, 0.3) is 0 Å². The third kappa shape index (κ3) is 9.99. The van der Waals surface area contributed by atoms with Gasteiger partial charge < -0.3 is 0 Å². The fourth-order valence-corrected chi connectivity index (χ4v) is 5.41. The van der Waals surface area contributed by atoms with E-state index < -0.39 is 0 Å². The van der Waals surface area contributed by atoms with Crippen LogP contribution in [0.1, 0.15) is 0 Å². The highest BCUT2D eigenvalue weighted by atomic mass is 28.3. The van der Waals surface area contributed by atoms with Gasteiger partial charge in [-0.1, -0.05) is 24.4 Å². The molecule has 0 aliphatic rings. The van der Waals surface area contributed by atoms with Gasteiger partial charge in [-0.15, -0.1) is 11.1 Å². The van der Waals surface area contributed by atoms with Crippen molar-refractivity contribution in [2.24, 2.45) is 0 Å². The molecule has 0 spiro atoms. The lowest BCUT2D eigenvalue weighted by atomic mass is 10.7. The van der Waals surface area contributed by atoms with Crippen LogP contribution in [-0.2, 0) is 0 Å². The second-order valence-electron chi connectivity index (χ2n) is 2.81. The monoisotopic (exact) mass is 226 g/mol. The summed E-state index contributed by atoms with van der Waals surface area (Å²) in [7, 11) is 0.571. The van der Waals surface area contributed by atoms with Crippen molar-refractivity contribution in [3.05, 3.63) is 0 Å². The van der Waals surface area contributed by atoms with E-state index >= 15 is 0 Å². The van der Waals surface area contributed by atoms with E-state index in [1.807, 2.05) is 0 Å². The Hall–Kier alpha value is -0.0125. The van der Waals surface area contributed by atoms with E-state index in [9.17, 15) is 0 Å². The molecule has 0 aromatic carbocycles. The Kier molecular flexibility index (Phi) is 11.0. The van der Waals surface area contributed by atoms with E-state index in [0.29, 0.717) is 19.0 Å². The lowest BCUT2D eigenvalue weighted by Gasteiger charge is -1.79. The lowest BCUT2D eigenvalue weighted by molar-refractivity contribution is 1.96. The van der Waals surface area contributed by atoms with Gasteiger partial charge in [0.2, 0.25) is 0 Å². The van der Waals surface area contributed by atoms with Gasteiger partial charge in [0.15, 0.2) is 0 Å². The Labute approximate surface area is 85.6 Å². The van der Waals surface area contributed by atoms with Gasteiger partial charge in [0.05, 0.1) is 0 Å². The van der Waals surface area contributed by atoms with Crippen molar-refractivity contribution >= 4 is 38.1 Å². The van der Waals surface area contributed by atoms with Crippen LogP contribution >= 0.6 is 0 Å². The highest BCUT2D eigenvalue weighted by Crippen LogP contribution is 1.71. The van der Waals surface area contributed by atoms with E-state index in [2.05, 4.69) is 36.0 Å². The molecule has 0 saturated carbocycles. The van der Waals surface area contributed by atoms with Crippen molar-refractivity contribution in [3.8, 4) is 22.9 Å². The van der Waals surface area contributed by atoms with Crippen LogP contribution in [0.15, 0.2) is 0 Å². The van der Waals surface area contributed by atoms with Crippen LogP contribution in [0.3, 0.4) is 0 Å². The van der Waals surface area contributed by atoms with Gasteiger partial charge in [-0.25, -0.2) is 0 Å². The van der Waals surface area contributed by atoms with Crippen molar-refractivity contribution < 1.29 is 0 Å². The van der Waals surface area contributed by atoms with Gasteiger partial charge in [-0.2, -0.15) is 0 Å². The van der Waals surface area contributed by atoms with Gasteiger partial charge in [0.1, 0.15) is 19.0 Å². The molecule has 4 heteroatoms. The molecule has 0 aliphatic carbocycles. The summed E-state index contributed by atoms with van der Waals surface area (Å²) in [6, 6.07) is 0. The normalized spacial score (nSPS) is 11.8. The Morgan fingerprint density at radius 3 is 1.58 bits per heavy atom. The molecule has 0 atom stereocenters. The molecule has 12 heavy (non-hydrogen) atoms. The van der Waals surface area contributed by atoms with E-state index in [1.54, 1.807) is 0 Å². The molecular formula is C8H18Si4. The summed E-state index contributed by atoms with van der Waals surface area (Å²) in [5.41, 5.74) is 9.48. The number of hydrogen-bond acceptors (Lipinski definition) is 0. The molecule has 0 aromatic heterocycles. The average molecular weight is 227 g/mol. The summed E-state index contributed by atoms with van der Waals surface area (Å²) in [5.74, 6) is 6.00. The van der Waals surface area contributed by atoms with E-state index in [-0.39, 0.29) is 19.0 Å². The second kappa shape index (κ2) is 11.0. The molecular weight excluding hydrogens is 208 g/mol. The molecule has 0 amide bonds. The number of rotatable bonds is 4. The fourth-order valence-electron chi connectivity index (χ4n) is 0.744. The van der Waals surface area contributed by atoms with Crippen molar-refractivity contribution in [3.63, 3.8) is 0 Å². The first-order valence-electron chi connectivity index (χ1n) is 4.87. The quantitative estimate of drug-likeness (QED) is 0.309. The van der Waals surface area contributed by atoms with Crippen molar-refractivity contribution in [1.29, 1.82) is 0 Å². The Morgan fingerprint density at radius 1 is 0.833 bits per heavy atom. The smallest absolute Gasteiger partial charge is 0.105 e. The summed E-state index contributed by atoms with van der Waals surface area (Å²) >= 11 is 0. The topological polar surface area (TPSA) is 0 Å². The third-order valence-electron chi connectivity index (χ3n) is 1.55. The van der Waals surface area contributed by atoms with Crippen LogP contribution in [0.5, 0.6) is 0 Å². The van der Waals surface area contributed by atoms with Crippen LogP contribution < -0.4 is 0 Å². The minimum Gasteiger partial charge on any atom is -0.126 e. The molecule has 0 aromatic rings. The molecule has 0 unspecified atom stereocenters. The molecule has 0 bridgehead atoms. The van der Waals surface area contributed by atoms with Crippen molar-refractivity contribution in [2.45, 2.75) is 24.4 Å². The lowest BCUT2D eigenvalue weighted by Crippen LogP contribution is -1.90. The van der Waals surface area contributed by atoms with Crippen LogP contribution in [-0.4, -0.2) is 38.1 Å². The molecule has 0 saturated heterocycles. The first kappa shape index (κ1) is 12.0. The molecule has 66 valence electrons. The third-order valence-corrected chi connectivity index (χ3v) is 10.9. The highest BCUT2D eigenvalue weighted by molar-refractivity contribution is 6.61. The molecule has 0 nitrogen and oxygen atoms in total. The maximum Gasteiger partial charge on any atom is 0.105 e. The minimum absolute atomic E-state index is 0.00596. The van der Waals surface area contributed by atoms with E-state index in [1.165, 1.54) is 11.3 Å². The molecule has 0 fully saturated rings. The largest absolute Gasteiger partial charge is 0.126 e. The van der Waals surface area contributed by atoms with Crippen molar-refractivity contribution in [2.75, 3.05) is 0 Å². The zero-order valence-corrected chi connectivity index (χ0v) is 13.9. The summed E-state index contributed by atoms with van der Waals surface area (Å²) in [4.78, 5) is 0. The van der Waals surface area contributed by atoms with Gasteiger partial charge >= 0.3 is 0 Å². The zero-order valence-electron chi connectivity index (χ0n) is 8.24. The zero-order chi connectivity index (χ0) is 9.07. The molecule has 0 heterocycles. The predicted molar refractivity (Wildman–Crippen MR) is 71.1 cm³/mol.